The molecule has 0 saturated carbocycles. The van der Waals surface area contributed by atoms with E-state index < -0.39 is 17.7 Å². The average Bonchev–Trinajstić information content (AvgIpc) is 2.09. The molecule has 1 amide bonds. The highest BCUT2D eigenvalue weighted by Gasteiger charge is 2.36. The summed E-state index contributed by atoms with van der Waals surface area (Å²) in [7, 11) is 1.33. The van der Waals surface area contributed by atoms with Crippen LogP contribution in [0.1, 0.15) is 27.2 Å². The molecule has 0 aromatic rings. The van der Waals surface area contributed by atoms with Crippen LogP contribution < -0.4 is 5.43 Å². The maximum absolute atomic E-state index is 11.4. The summed E-state index contributed by atoms with van der Waals surface area (Å²) in [4.78, 5) is 22.6. The number of hydrogen-bond acceptors (Lipinski definition) is 5. The maximum Gasteiger partial charge on any atom is 0.422 e. The quantitative estimate of drug-likeness (QED) is 0.706. The Bertz CT molecular complexity index is 285. The molecule has 1 fully saturated rings. The van der Waals surface area contributed by atoms with Crippen molar-refractivity contribution in [1.82, 2.24) is 10.4 Å². The molecular weight excluding hydrogens is 212 g/mol. The van der Waals surface area contributed by atoms with Crippen molar-refractivity contribution < 1.29 is 19.1 Å². The summed E-state index contributed by atoms with van der Waals surface area (Å²) in [6, 6.07) is -0.391. The molecule has 1 rings (SSSR count). The van der Waals surface area contributed by atoms with Crippen molar-refractivity contribution in [1.29, 1.82) is 0 Å². The van der Waals surface area contributed by atoms with Crippen molar-refractivity contribution in [2.75, 3.05) is 13.7 Å². The molecular formula is C10H18N2O4. The van der Waals surface area contributed by atoms with E-state index >= 15 is 0 Å². The summed E-state index contributed by atoms with van der Waals surface area (Å²) in [5, 5.41) is 1.51. The molecule has 1 aliphatic rings. The minimum Gasteiger partial charge on any atom is -0.468 e. The van der Waals surface area contributed by atoms with Gasteiger partial charge in [-0.1, -0.05) is 0 Å². The molecule has 1 heterocycles. The number of rotatable bonds is 2. The molecule has 92 valence electrons. The van der Waals surface area contributed by atoms with Crippen LogP contribution in [0.15, 0.2) is 0 Å². The van der Waals surface area contributed by atoms with E-state index in [4.69, 9.17) is 4.74 Å². The second-order valence-electron chi connectivity index (χ2n) is 4.63. The Hall–Kier alpha value is -1.30. The summed E-state index contributed by atoms with van der Waals surface area (Å²) < 4.78 is 9.66. The van der Waals surface area contributed by atoms with Gasteiger partial charge in [-0.3, -0.25) is 10.2 Å². The maximum atomic E-state index is 11.4. The number of amides is 1. The zero-order valence-corrected chi connectivity index (χ0v) is 10.1. The highest BCUT2D eigenvalue weighted by Crippen LogP contribution is 2.16. The third-order valence-corrected chi connectivity index (χ3v) is 2.13. The number of hydrogen-bond donors (Lipinski definition) is 1. The number of nitrogens with one attached hydrogen (secondary N) is 1. The molecule has 16 heavy (non-hydrogen) atoms. The first-order chi connectivity index (χ1) is 7.33. The SMILES string of the molecule is COC(=O)[C@H]1CCN1NC(=O)OC(C)(C)C. The van der Waals surface area contributed by atoms with E-state index in [9.17, 15) is 9.59 Å². The molecule has 1 N–H and O–H groups in total. The molecule has 0 radical (unpaired) electrons. The van der Waals surface area contributed by atoms with E-state index in [1.807, 2.05) is 0 Å². The molecule has 0 aromatic heterocycles. The lowest BCUT2D eigenvalue weighted by Gasteiger charge is -2.38. The predicted molar refractivity (Wildman–Crippen MR) is 56.5 cm³/mol. The summed E-state index contributed by atoms with van der Waals surface area (Å²) in [5.41, 5.74) is 1.96. The van der Waals surface area contributed by atoms with Gasteiger partial charge in [0, 0.05) is 6.54 Å². The molecule has 1 aliphatic heterocycles. The minimum atomic E-state index is -0.555. The Morgan fingerprint density at radius 1 is 1.38 bits per heavy atom. The molecule has 1 saturated heterocycles. The Kier molecular flexibility index (Phi) is 3.74. The van der Waals surface area contributed by atoms with E-state index in [0.717, 1.165) is 0 Å². The van der Waals surface area contributed by atoms with E-state index in [0.29, 0.717) is 13.0 Å². The lowest BCUT2D eigenvalue weighted by molar-refractivity contribution is -0.154. The molecule has 0 spiro atoms. The third kappa shape index (κ3) is 3.37. The van der Waals surface area contributed by atoms with Gasteiger partial charge >= 0.3 is 12.1 Å². The second-order valence-corrected chi connectivity index (χ2v) is 4.63. The van der Waals surface area contributed by atoms with Gasteiger partial charge < -0.3 is 9.47 Å². The predicted octanol–water partition coefficient (Wildman–Crippen LogP) is 0.673. The van der Waals surface area contributed by atoms with Crippen LogP contribution in [-0.2, 0) is 14.3 Å². The number of ether oxygens (including phenoxy) is 2. The van der Waals surface area contributed by atoms with Crippen LogP contribution >= 0.6 is 0 Å². The first kappa shape index (κ1) is 12.8. The lowest BCUT2D eigenvalue weighted by atomic mass is 10.1. The van der Waals surface area contributed by atoms with E-state index in [1.165, 1.54) is 12.1 Å². The van der Waals surface area contributed by atoms with E-state index in [1.54, 1.807) is 20.8 Å². The van der Waals surface area contributed by atoms with Crippen molar-refractivity contribution in [2.45, 2.75) is 38.8 Å². The van der Waals surface area contributed by atoms with Crippen LogP contribution in [-0.4, -0.2) is 42.4 Å². The van der Waals surface area contributed by atoms with Crippen LogP contribution in [0.3, 0.4) is 0 Å². The van der Waals surface area contributed by atoms with Gasteiger partial charge in [0.15, 0.2) is 0 Å². The normalized spacial score (nSPS) is 20.9. The Morgan fingerprint density at radius 3 is 2.38 bits per heavy atom. The summed E-state index contributed by atoms with van der Waals surface area (Å²) in [6.07, 6.45) is 0.128. The zero-order chi connectivity index (χ0) is 12.3. The van der Waals surface area contributed by atoms with Crippen LogP contribution in [0, 0.1) is 0 Å². The topological polar surface area (TPSA) is 67.9 Å². The number of carbonyl (C=O) groups excluding carboxylic acids is 2. The van der Waals surface area contributed by atoms with Gasteiger partial charge in [-0.25, -0.2) is 9.80 Å². The van der Waals surface area contributed by atoms with E-state index in [-0.39, 0.29) is 5.97 Å². The Morgan fingerprint density at radius 2 is 2.00 bits per heavy atom. The highest BCUT2D eigenvalue weighted by molar-refractivity contribution is 5.77. The van der Waals surface area contributed by atoms with Crippen molar-refractivity contribution in [3.63, 3.8) is 0 Å². The van der Waals surface area contributed by atoms with Crippen molar-refractivity contribution >= 4 is 12.1 Å². The van der Waals surface area contributed by atoms with Crippen LogP contribution in [0.5, 0.6) is 0 Å². The van der Waals surface area contributed by atoms with Gasteiger partial charge in [-0.2, -0.15) is 0 Å². The van der Waals surface area contributed by atoms with Gasteiger partial charge in [0.05, 0.1) is 7.11 Å². The molecule has 0 aromatic carbocycles. The first-order valence-corrected chi connectivity index (χ1v) is 5.17. The largest absolute Gasteiger partial charge is 0.468 e. The van der Waals surface area contributed by atoms with E-state index in [2.05, 4.69) is 10.2 Å². The summed E-state index contributed by atoms with van der Waals surface area (Å²) >= 11 is 0. The molecule has 1 atom stereocenters. The average molecular weight is 230 g/mol. The third-order valence-electron chi connectivity index (χ3n) is 2.13. The first-order valence-electron chi connectivity index (χ1n) is 5.17. The standard InChI is InChI=1S/C10H18N2O4/c1-10(2,3)16-9(14)11-12-6-5-7(12)8(13)15-4/h7H,5-6H2,1-4H3,(H,11,14)/t7-/m1/s1. The molecule has 6 nitrogen and oxygen atoms in total. The number of esters is 1. The fourth-order valence-electron chi connectivity index (χ4n) is 1.32. The fourth-order valence-corrected chi connectivity index (χ4v) is 1.32. The molecule has 6 heteroatoms. The summed E-state index contributed by atoms with van der Waals surface area (Å²) in [6.45, 7) is 5.96. The fraction of sp³-hybridized carbons (Fsp3) is 0.800. The van der Waals surface area contributed by atoms with Gasteiger partial charge in [-0.05, 0) is 27.2 Å². The zero-order valence-electron chi connectivity index (χ0n) is 10.1. The van der Waals surface area contributed by atoms with Crippen molar-refractivity contribution in [3.05, 3.63) is 0 Å². The number of carbonyl (C=O) groups is 2. The molecule has 0 aliphatic carbocycles. The van der Waals surface area contributed by atoms with Gasteiger partial charge in [0.25, 0.3) is 0 Å². The van der Waals surface area contributed by atoms with Crippen LogP contribution in [0.4, 0.5) is 4.79 Å². The smallest absolute Gasteiger partial charge is 0.422 e. The Balaban J connectivity index is 2.38. The number of methoxy groups -OCH3 is 1. The molecule has 0 bridgehead atoms. The number of hydrazine groups is 1. The Labute approximate surface area is 94.8 Å². The lowest BCUT2D eigenvalue weighted by Crippen LogP contribution is -2.61. The molecule has 0 unspecified atom stereocenters. The van der Waals surface area contributed by atoms with Crippen molar-refractivity contribution in [2.24, 2.45) is 0 Å². The van der Waals surface area contributed by atoms with Crippen LogP contribution in [0.25, 0.3) is 0 Å². The van der Waals surface area contributed by atoms with Crippen LogP contribution in [0.2, 0.25) is 0 Å². The highest BCUT2D eigenvalue weighted by atomic mass is 16.6. The monoisotopic (exact) mass is 230 g/mol. The van der Waals surface area contributed by atoms with Crippen molar-refractivity contribution in [3.8, 4) is 0 Å². The number of nitrogens with zero attached hydrogens (tertiary/aromatic N) is 1. The minimum absolute atomic E-state index is 0.345. The van der Waals surface area contributed by atoms with Gasteiger partial charge in [0.2, 0.25) is 0 Å². The van der Waals surface area contributed by atoms with Gasteiger partial charge in [-0.15, -0.1) is 0 Å². The van der Waals surface area contributed by atoms with Gasteiger partial charge in [0.1, 0.15) is 11.6 Å². The summed E-state index contributed by atoms with van der Waals surface area (Å²) in [5.74, 6) is -0.345. The second kappa shape index (κ2) is 4.69.